The number of piperidine rings is 3. The van der Waals surface area contributed by atoms with Gasteiger partial charge in [0.2, 0.25) is 17.8 Å². The molecule has 3 N–H and O–H groups in total. The minimum absolute atomic E-state index is 0.0527. The van der Waals surface area contributed by atoms with E-state index in [0.717, 1.165) is 99.3 Å². The lowest BCUT2D eigenvalue weighted by Crippen LogP contribution is -2.47. The van der Waals surface area contributed by atoms with E-state index in [-0.39, 0.29) is 42.1 Å². The number of hydrogen-bond acceptors (Lipinski definition) is 9. The molecule has 13 heteroatoms. The third-order valence-corrected chi connectivity index (χ3v) is 13.1. The third kappa shape index (κ3) is 7.53. The van der Waals surface area contributed by atoms with E-state index in [1.165, 1.54) is 11.1 Å². The van der Waals surface area contributed by atoms with Crippen LogP contribution in [0.2, 0.25) is 0 Å². The van der Waals surface area contributed by atoms with Crippen LogP contribution in [0.15, 0.2) is 60.9 Å². The molecule has 2 amide bonds. The second kappa shape index (κ2) is 15.5. The van der Waals surface area contributed by atoms with Crippen LogP contribution < -0.4 is 15.5 Å². The highest BCUT2D eigenvalue weighted by Gasteiger charge is 2.44. The van der Waals surface area contributed by atoms with Crippen LogP contribution in [0.3, 0.4) is 0 Å². The molecule has 2 aromatic heterocycles. The lowest BCUT2D eigenvalue weighted by molar-refractivity contribution is -0.133. The Bertz CT molecular complexity index is 2020. The van der Waals surface area contributed by atoms with Gasteiger partial charge in [0.05, 0.1) is 24.8 Å². The summed E-state index contributed by atoms with van der Waals surface area (Å²) < 4.78 is 34.3. The van der Waals surface area contributed by atoms with Gasteiger partial charge in [0, 0.05) is 72.3 Å². The van der Waals surface area contributed by atoms with E-state index in [4.69, 9.17) is 14.7 Å². The summed E-state index contributed by atoms with van der Waals surface area (Å²) in [6.45, 7) is 7.40. The number of carbonyl (C=O) groups is 2. The number of carbonyl (C=O) groups excluding carboxylic acids is 2. The van der Waals surface area contributed by atoms with E-state index >= 15 is 0 Å². The Morgan fingerprint density at radius 2 is 1.71 bits per heavy atom. The first-order chi connectivity index (χ1) is 27.2. The minimum Gasteiger partial charge on any atom is -0.375 e. The second-order valence-corrected chi connectivity index (χ2v) is 16.8. The Hall–Kier alpha value is -4.46. The molecular weight excluding hydrogens is 715 g/mol. The number of amides is 2. The van der Waals surface area contributed by atoms with Gasteiger partial charge in [0.15, 0.2) is 0 Å². The summed E-state index contributed by atoms with van der Waals surface area (Å²) in [5, 5.41) is 6.84. The van der Waals surface area contributed by atoms with Crippen molar-refractivity contribution in [3.63, 3.8) is 0 Å². The number of para-hydroxylation sites is 1. The summed E-state index contributed by atoms with van der Waals surface area (Å²) in [6, 6.07) is 15.8. The predicted octanol–water partition coefficient (Wildman–Crippen LogP) is 6.03. The molecule has 11 nitrogen and oxygen atoms in total. The highest BCUT2D eigenvalue weighted by molar-refractivity contribution is 6.01. The first-order valence-corrected chi connectivity index (χ1v) is 20.5. The first kappa shape index (κ1) is 37.1. The zero-order valence-corrected chi connectivity index (χ0v) is 32.1. The van der Waals surface area contributed by atoms with Crippen LogP contribution in [0.25, 0.3) is 10.9 Å². The number of imide groups is 1. The van der Waals surface area contributed by atoms with E-state index in [9.17, 15) is 18.4 Å². The van der Waals surface area contributed by atoms with Crippen LogP contribution in [-0.2, 0) is 20.7 Å². The molecule has 4 atom stereocenters. The average molecular weight is 767 g/mol. The van der Waals surface area contributed by atoms with Crippen molar-refractivity contribution in [2.24, 2.45) is 5.92 Å². The average Bonchev–Trinajstić information content (AvgIpc) is 3.77. The molecule has 0 unspecified atom stereocenters. The summed E-state index contributed by atoms with van der Waals surface area (Å²) in [6.07, 6.45) is 8.03. The molecule has 5 aliphatic rings. The number of ether oxygens (including phenoxy) is 1. The van der Waals surface area contributed by atoms with E-state index in [2.05, 4.69) is 55.7 Å². The molecule has 9 rings (SSSR count). The van der Waals surface area contributed by atoms with Crippen molar-refractivity contribution >= 4 is 34.4 Å². The van der Waals surface area contributed by atoms with Gasteiger partial charge in [-0.15, -0.1) is 0 Å². The quantitative estimate of drug-likeness (QED) is 0.176. The standard InChI is InChI=1S/C43H52F2N8O3/c1-27-20-34-33-4-2-3-5-35(33)49-39(34)40(53(27)25-37(44)45)31-22-46-42(47-23-31)52-18-14-43(15-19-52)21-28(26-56-43)24-51-16-12-30(13-17-51)29-6-8-32(9-7-29)48-36-10-11-38(54)50-41(36)55/h2-9,22-23,27-28,30,36-37,40,48-49H,10-21,24-26H2,1H3,(H,50,54,55)/t27-,28+,36-,40-/m0/s1. The molecule has 0 aliphatic carbocycles. The number of anilines is 2. The molecule has 1 spiro atoms. The van der Waals surface area contributed by atoms with E-state index in [1.54, 1.807) is 0 Å². The molecule has 4 saturated heterocycles. The summed E-state index contributed by atoms with van der Waals surface area (Å²) in [5.41, 5.74) is 6.16. The number of nitrogens with one attached hydrogen (secondary N) is 3. The Labute approximate surface area is 326 Å². The predicted molar refractivity (Wildman–Crippen MR) is 211 cm³/mol. The molecule has 0 bridgehead atoms. The van der Waals surface area contributed by atoms with Gasteiger partial charge in [0.1, 0.15) is 6.04 Å². The molecule has 4 aromatic rings. The monoisotopic (exact) mass is 766 g/mol. The largest absolute Gasteiger partial charge is 0.375 e. The number of benzene rings is 2. The smallest absolute Gasteiger partial charge is 0.251 e. The van der Waals surface area contributed by atoms with Gasteiger partial charge in [-0.2, -0.15) is 0 Å². The van der Waals surface area contributed by atoms with Crippen molar-refractivity contribution in [2.45, 2.75) is 94.4 Å². The Morgan fingerprint density at radius 1 is 0.964 bits per heavy atom. The number of nitrogens with zero attached hydrogens (tertiary/aromatic N) is 5. The van der Waals surface area contributed by atoms with Crippen LogP contribution in [0.1, 0.15) is 86.2 Å². The highest BCUT2D eigenvalue weighted by Crippen LogP contribution is 2.42. The van der Waals surface area contributed by atoms with Crippen LogP contribution in [-0.4, -0.2) is 107 Å². The third-order valence-electron chi connectivity index (χ3n) is 13.1. The first-order valence-electron chi connectivity index (χ1n) is 20.5. The number of halogens is 2. The lowest BCUT2D eigenvalue weighted by atomic mass is 9.84. The van der Waals surface area contributed by atoms with Crippen LogP contribution in [0, 0.1) is 5.92 Å². The zero-order valence-electron chi connectivity index (χ0n) is 32.1. The highest BCUT2D eigenvalue weighted by atomic mass is 19.3. The van der Waals surface area contributed by atoms with E-state index in [1.807, 2.05) is 42.4 Å². The number of H-pyrrole nitrogens is 1. The number of fused-ring (bicyclic) bond motifs is 3. The van der Waals surface area contributed by atoms with Crippen molar-refractivity contribution in [1.82, 2.24) is 30.1 Å². The number of aromatic amines is 1. The summed E-state index contributed by atoms with van der Waals surface area (Å²) in [5.74, 6) is 1.28. The summed E-state index contributed by atoms with van der Waals surface area (Å²) >= 11 is 0. The maximum Gasteiger partial charge on any atom is 0.251 e. The molecule has 0 saturated carbocycles. The van der Waals surface area contributed by atoms with Gasteiger partial charge < -0.3 is 24.8 Å². The maximum atomic E-state index is 13.9. The van der Waals surface area contributed by atoms with Crippen molar-refractivity contribution < 1.29 is 23.1 Å². The molecule has 2 aromatic carbocycles. The van der Waals surface area contributed by atoms with Gasteiger partial charge in [0.25, 0.3) is 6.43 Å². The Balaban J connectivity index is 0.765. The number of alkyl halides is 2. The fraction of sp³-hybridized carbons (Fsp3) is 0.535. The van der Waals surface area contributed by atoms with Crippen LogP contribution in [0.4, 0.5) is 20.4 Å². The fourth-order valence-corrected chi connectivity index (χ4v) is 10.2. The van der Waals surface area contributed by atoms with Crippen molar-refractivity contribution in [1.29, 1.82) is 0 Å². The van der Waals surface area contributed by atoms with Gasteiger partial charge >= 0.3 is 0 Å². The molecular formula is C43H52F2N8O3. The van der Waals surface area contributed by atoms with Crippen molar-refractivity contribution in [2.75, 3.05) is 56.1 Å². The summed E-state index contributed by atoms with van der Waals surface area (Å²) in [4.78, 5) is 43.6. The maximum absolute atomic E-state index is 13.9. The van der Waals surface area contributed by atoms with E-state index < -0.39 is 6.43 Å². The SMILES string of the molecule is C[C@H]1Cc2c([nH]c3ccccc23)[C@H](c2cnc(N3CCC4(CC3)C[C@H](CN3CCC(c5ccc(N[C@H]6CCC(=O)NC6=O)cc5)CC3)CO4)nc2)N1CC(F)F. The fourth-order valence-electron chi connectivity index (χ4n) is 10.2. The van der Waals surface area contributed by atoms with Gasteiger partial charge in [-0.05, 0) is 106 Å². The number of likely N-dealkylation sites (tertiary alicyclic amines) is 1. The molecule has 5 aliphatic heterocycles. The summed E-state index contributed by atoms with van der Waals surface area (Å²) in [7, 11) is 0. The minimum atomic E-state index is -2.44. The van der Waals surface area contributed by atoms with Gasteiger partial charge in [-0.25, -0.2) is 18.7 Å². The Kier molecular flexibility index (Phi) is 10.3. The van der Waals surface area contributed by atoms with Crippen LogP contribution in [0.5, 0.6) is 0 Å². The molecule has 7 heterocycles. The molecule has 4 fully saturated rings. The number of aromatic nitrogens is 3. The normalized spacial score (nSPS) is 26.2. The molecule has 296 valence electrons. The number of hydrogen-bond donors (Lipinski definition) is 3. The van der Waals surface area contributed by atoms with Gasteiger partial charge in [-0.1, -0.05) is 30.3 Å². The van der Waals surface area contributed by atoms with Crippen molar-refractivity contribution in [3.05, 3.63) is 83.3 Å². The molecule has 0 radical (unpaired) electrons. The lowest BCUT2D eigenvalue weighted by Gasteiger charge is -2.41. The number of rotatable bonds is 9. The second-order valence-electron chi connectivity index (χ2n) is 16.8. The Morgan fingerprint density at radius 3 is 2.45 bits per heavy atom. The van der Waals surface area contributed by atoms with Gasteiger partial charge in [-0.3, -0.25) is 19.8 Å². The van der Waals surface area contributed by atoms with E-state index in [0.29, 0.717) is 37.0 Å². The zero-order chi connectivity index (χ0) is 38.4. The van der Waals surface area contributed by atoms with Crippen molar-refractivity contribution in [3.8, 4) is 0 Å². The topological polar surface area (TPSA) is 119 Å². The molecule has 56 heavy (non-hydrogen) atoms. The van der Waals surface area contributed by atoms with Crippen LogP contribution >= 0.6 is 0 Å².